The topological polar surface area (TPSA) is 92.8 Å². The van der Waals surface area contributed by atoms with E-state index < -0.39 is 48.2 Å². The Hall–Kier alpha value is -2.77. The van der Waals surface area contributed by atoms with Gasteiger partial charge in [0.05, 0.1) is 0 Å². The maximum absolute atomic E-state index is 12.9. The Bertz CT molecular complexity index is 779. The van der Waals surface area contributed by atoms with Gasteiger partial charge < -0.3 is 10.1 Å². The molecule has 144 valence electrons. The first-order chi connectivity index (χ1) is 12.8. The van der Waals surface area contributed by atoms with Crippen molar-refractivity contribution < 1.29 is 28.3 Å². The summed E-state index contributed by atoms with van der Waals surface area (Å²) in [5, 5.41) is 2.75. The molecular weight excluding hydrogens is 355 g/mol. The van der Waals surface area contributed by atoms with E-state index in [2.05, 4.69) is 5.32 Å². The third-order valence-corrected chi connectivity index (χ3v) is 5.32. The van der Waals surface area contributed by atoms with Crippen LogP contribution in [0.15, 0.2) is 24.3 Å². The molecule has 0 unspecified atom stereocenters. The van der Waals surface area contributed by atoms with Crippen LogP contribution in [0.2, 0.25) is 0 Å². The summed E-state index contributed by atoms with van der Waals surface area (Å²) < 4.78 is 17.8. The number of amides is 3. The van der Waals surface area contributed by atoms with Gasteiger partial charge in [-0.05, 0) is 43.0 Å². The number of rotatable bonds is 5. The molecule has 1 aromatic rings. The number of carbonyl (C=O) groups excluding carboxylic acids is 4. The Morgan fingerprint density at radius 2 is 1.96 bits per heavy atom. The van der Waals surface area contributed by atoms with Crippen molar-refractivity contribution >= 4 is 23.7 Å². The summed E-state index contributed by atoms with van der Waals surface area (Å²) in [5.74, 6) is -2.26. The lowest BCUT2D eigenvalue weighted by Crippen LogP contribution is -2.54. The highest BCUT2D eigenvalue weighted by molar-refractivity contribution is 6.09. The van der Waals surface area contributed by atoms with Crippen molar-refractivity contribution in [2.75, 3.05) is 13.2 Å². The molecule has 2 atom stereocenters. The van der Waals surface area contributed by atoms with Gasteiger partial charge in [-0.25, -0.2) is 9.18 Å². The van der Waals surface area contributed by atoms with E-state index in [1.165, 1.54) is 12.1 Å². The van der Waals surface area contributed by atoms with E-state index in [4.69, 9.17) is 4.74 Å². The lowest BCUT2D eigenvalue weighted by molar-refractivity contribution is -0.147. The molecule has 1 spiro atoms. The van der Waals surface area contributed by atoms with E-state index in [9.17, 15) is 23.6 Å². The number of nitrogens with zero attached hydrogens (tertiary/aromatic N) is 1. The van der Waals surface area contributed by atoms with Crippen LogP contribution < -0.4 is 5.32 Å². The predicted octanol–water partition coefficient (Wildman–Crippen LogP) is 2.05. The Labute approximate surface area is 155 Å². The minimum Gasteiger partial charge on any atom is -0.456 e. The number of benzene rings is 1. The smallest absolute Gasteiger partial charge is 0.326 e. The highest BCUT2D eigenvalue weighted by atomic mass is 19.1. The molecule has 27 heavy (non-hydrogen) atoms. The Morgan fingerprint density at radius 3 is 2.63 bits per heavy atom. The van der Waals surface area contributed by atoms with Gasteiger partial charge in [0.15, 0.2) is 12.4 Å². The number of hydrogen-bond donors (Lipinski definition) is 1. The van der Waals surface area contributed by atoms with Gasteiger partial charge in [-0.1, -0.05) is 19.8 Å². The molecule has 1 aliphatic carbocycles. The van der Waals surface area contributed by atoms with E-state index in [0.717, 1.165) is 36.3 Å². The Balaban J connectivity index is 1.57. The molecule has 2 fully saturated rings. The van der Waals surface area contributed by atoms with Gasteiger partial charge in [0.25, 0.3) is 5.91 Å². The van der Waals surface area contributed by atoms with Gasteiger partial charge in [0.1, 0.15) is 17.9 Å². The number of ketones is 1. The average Bonchev–Trinajstić information content (AvgIpc) is 2.88. The largest absolute Gasteiger partial charge is 0.456 e. The summed E-state index contributed by atoms with van der Waals surface area (Å²) in [7, 11) is 0. The maximum atomic E-state index is 12.9. The lowest BCUT2D eigenvalue weighted by atomic mass is 9.73. The zero-order valence-corrected chi connectivity index (χ0v) is 15.0. The number of nitrogens with one attached hydrogen (secondary N) is 1. The Kier molecular flexibility index (Phi) is 5.25. The van der Waals surface area contributed by atoms with Gasteiger partial charge in [-0.3, -0.25) is 19.3 Å². The Morgan fingerprint density at radius 1 is 1.26 bits per heavy atom. The first-order valence-electron chi connectivity index (χ1n) is 8.92. The fraction of sp³-hybridized carbons (Fsp3) is 0.474. The maximum Gasteiger partial charge on any atom is 0.326 e. The van der Waals surface area contributed by atoms with E-state index in [0.29, 0.717) is 6.42 Å². The third kappa shape index (κ3) is 3.70. The zero-order valence-electron chi connectivity index (χ0n) is 15.0. The quantitative estimate of drug-likeness (QED) is 0.482. The normalized spacial score (nSPS) is 24.8. The van der Waals surface area contributed by atoms with Crippen molar-refractivity contribution in [1.82, 2.24) is 10.2 Å². The lowest BCUT2D eigenvalue weighted by Gasteiger charge is -2.36. The summed E-state index contributed by atoms with van der Waals surface area (Å²) in [5.41, 5.74) is -0.742. The molecule has 1 saturated carbocycles. The van der Waals surface area contributed by atoms with Crippen LogP contribution in [-0.2, 0) is 14.3 Å². The number of ether oxygens (including phenoxy) is 1. The molecule has 1 heterocycles. The molecular formula is C19H21FN2O5. The summed E-state index contributed by atoms with van der Waals surface area (Å²) in [4.78, 5) is 49.8. The third-order valence-electron chi connectivity index (χ3n) is 5.32. The molecule has 3 rings (SSSR count). The first kappa shape index (κ1) is 19.0. The molecule has 0 bridgehead atoms. The van der Waals surface area contributed by atoms with Crippen LogP contribution in [0.25, 0.3) is 0 Å². The monoisotopic (exact) mass is 376 g/mol. The van der Waals surface area contributed by atoms with Crippen LogP contribution in [0.1, 0.15) is 43.0 Å². The molecule has 0 aromatic heterocycles. The molecule has 0 radical (unpaired) electrons. The molecule has 3 amide bonds. The molecule has 7 nitrogen and oxygen atoms in total. The number of esters is 1. The van der Waals surface area contributed by atoms with Crippen LogP contribution in [-0.4, -0.2) is 47.3 Å². The minimum atomic E-state index is -0.945. The van der Waals surface area contributed by atoms with Crippen LogP contribution in [0.5, 0.6) is 0 Å². The van der Waals surface area contributed by atoms with Gasteiger partial charge in [-0.15, -0.1) is 0 Å². The molecule has 1 N–H and O–H groups in total. The second kappa shape index (κ2) is 7.46. The second-order valence-electron chi connectivity index (χ2n) is 7.03. The van der Waals surface area contributed by atoms with Crippen molar-refractivity contribution in [2.45, 2.75) is 38.1 Å². The van der Waals surface area contributed by atoms with Gasteiger partial charge in [-0.2, -0.15) is 0 Å². The van der Waals surface area contributed by atoms with Crippen molar-refractivity contribution in [3.05, 3.63) is 35.6 Å². The standard InChI is InChI=1S/C19H21FN2O5/c1-12-4-2-3-9-19(12)17(25)22(18(26)21-19)10-16(24)27-11-15(23)13-5-7-14(20)8-6-13/h5-8,12H,2-4,9-11H2,1H3,(H,21,26)/t12-,19+/m1/s1. The zero-order chi connectivity index (χ0) is 19.6. The van der Waals surface area contributed by atoms with E-state index in [1.54, 1.807) is 0 Å². The number of urea groups is 1. The van der Waals surface area contributed by atoms with Crippen molar-refractivity contribution in [3.63, 3.8) is 0 Å². The highest BCUT2D eigenvalue weighted by Crippen LogP contribution is 2.38. The van der Waals surface area contributed by atoms with Crippen LogP contribution in [0, 0.1) is 11.7 Å². The van der Waals surface area contributed by atoms with E-state index in [1.807, 2.05) is 6.92 Å². The number of hydrogen-bond acceptors (Lipinski definition) is 5. The fourth-order valence-electron chi connectivity index (χ4n) is 3.68. The minimum absolute atomic E-state index is 0.0104. The molecule has 1 saturated heterocycles. The van der Waals surface area contributed by atoms with Crippen molar-refractivity contribution in [2.24, 2.45) is 5.92 Å². The summed E-state index contributed by atoms with van der Waals surface area (Å²) in [6.07, 6.45) is 3.21. The summed E-state index contributed by atoms with van der Waals surface area (Å²) >= 11 is 0. The first-order valence-corrected chi connectivity index (χ1v) is 8.92. The van der Waals surface area contributed by atoms with E-state index in [-0.39, 0.29) is 11.5 Å². The molecule has 2 aliphatic rings. The van der Waals surface area contributed by atoms with Gasteiger partial charge in [0.2, 0.25) is 0 Å². The van der Waals surface area contributed by atoms with Crippen LogP contribution in [0.4, 0.5) is 9.18 Å². The number of imide groups is 1. The molecule has 1 aliphatic heterocycles. The number of carbonyl (C=O) groups is 4. The SMILES string of the molecule is C[C@@H]1CCCC[C@]12NC(=O)N(CC(=O)OCC(=O)c1ccc(F)cc1)C2=O. The molecule has 8 heteroatoms. The average molecular weight is 376 g/mol. The predicted molar refractivity (Wildman–Crippen MR) is 92.3 cm³/mol. The number of halogens is 1. The van der Waals surface area contributed by atoms with Crippen molar-refractivity contribution in [1.29, 1.82) is 0 Å². The highest BCUT2D eigenvalue weighted by Gasteiger charge is 2.55. The van der Waals surface area contributed by atoms with E-state index >= 15 is 0 Å². The van der Waals surface area contributed by atoms with Gasteiger partial charge in [0, 0.05) is 5.56 Å². The van der Waals surface area contributed by atoms with Crippen molar-refractivity contribution in [3.8, 4) is 0 Å². The van der Waals surface area contributed by atoms with Gasteiger partial charge >= 0.3 is 12.0 Å². The summed E-state index contributed by atoms with van der Waals surface area (Å²) in [6.45, 7) is 0.825. The van der Waals surface area contributed by atoms with Crippen LogP contribution in [0.3, 0.4) is 0 Å². The summed E-state index contributed by atoms with van der Waals surface area (Å²) in [6, 6.07) is 4.23. The van der Waals surface area contributed by atoms with Crippen LogP contribution >= 0.6 is 0 Å². The fourth-order valence-corrected chi connectivity index (χ4v) is 3.68. The number of Topliss-reactive ketones (excluding diaryl/α,β-unsaturated/α-hetero) is 1. The molecule has 1 aromatic carbocycles. The second-order valence-corrected chi connectivity index (χ2v) is 7.03.